The van der Waals surface area contributed by atoms with Crippen molar-refractivity contribution in [3.05, 3.63) is 65.1 Å². The van der Waals surface area contributed by atoms with Gasteiger partial charge in [0.2, 0.25) is 17.5 Å². The molecular formula is C21H20N6O2. The molecule has 0 unspecified atom stereocenters. The monoisotopic (exact) mass is 388 g/mol. The van der Waals surface area contributed by atoms with Gasteiger partial charge in [-0.15, -0.1) is 0 Å². The Morgan fingerprint density at radius 2 is 2.17 bits per heavy atom. The molecule has 1 amide bonds. The number of aromatic nitrogens is 5. The SMILES string of the molecule is CCc1cnc2ncc(C(=O)N[C@@H]3CCc4cc(-c5noc(C)n5)ccc43)n2c1. The average Bonchev–Trinajstić information content (AvgIpc) is 3.45. The van der Waals surface area contributed by atoms with Crippen molar-refractivity contribution in [3.63, 3.8) is 0 Å². The summed E-state index contributed by atoms with van der Waals surface area (Å²) in [5.74, 6) is 1.50. The van der Waals surface area contributed by atoms with Crippen molar-refractivity contribution in [3.8, 4) is 11.4 Å². The maximum Gasteiger partial charge on any atom is 0.270 e. The Labute approximate surface area is 167 Å². The summed E-state index contributed by atoms with van der Waals surface area (Å²) >= 11 is 0. The van der Waals surface area contributed by atoms with Gasteiger partial charge in [-0.05, 0) is 42.0 Å². The Kier molecular flexibility index (Phi) is 4.12. The fourth-order valence-electron chi connectivity index (χ4n) is 3.82. The number of carbonyl (C=O) groups is 1. The van der Waals surface area contributed by atoms with Crippen molar-refractivity contribution in [1.82, 2.24) is 29.8 Å². The summed E-state index contributed by atoms with van der Waals surface area (Å²) in [7, 11) is 0. The zero-order valence-corrected chi connectivity index (χ0v) is 16.2. The predicted molar refractivity (Wildman–Crippen MR) is 105 cm³/mol. The maximum atomic E-state index is 12.9. The minimum absolute atomic E-state index is 0.0357. The van der Waals surface area contributed by atoms with Crippen LogP contribution in [0.25, 0.3) is 17.2 Å². The van der Waals surface area contributed by atoms with Gasteiger partial charge in [-0.25, -0.2) is 9.97 Å². The van der Waals surface area contributed by atoms with E-state index in [0.717, 1.165) is 36.0 Å². The number of nitrogens with one attached hydrogen (secondary N) is 1. The number of hydrogen-bond donors (Lipinski definition) is 1. The van der Waals surface area contributed by atoms with E-state index in [1.165, 1.54) is 5.56 Å². The van der Waals surface area contributed by atoms with E-state index in [9.17, 15) is 4.79 Å². The molecule has 1 N–H and O–H groups in total. The number of hydrogen-bond acceptors (Lipinski definition) is 6. The van der Waals surface area contributed by atoms with E-state index in [-0.39, 0.29) is 11.9 Å². The normalized spacial score (nSPS) is 15.6. The van der Waals surface area contributed by atoms with Gasteiger partial charge in [0.1, 0.15) is 5.69 Å². The average molecular weight is 388 g/mol. The fraction of sp³-hybridized carbons (Fsp3) is 0.286. The molecule has 1 aliphatic carbocycles. The first-order valence-electron chi connectivity index (χ1n) is 9.68. The summed E-state index contributed by atoms with van der Waals surface area (Å²) in [4.78, 5) is 25.8. The Morgan fingerprint density at radius 1 is 1.31 bits per heavy atom. The Morgan fingerprint density at radius 3 is 2.97 bits per heavy atom. The summed E-state index contributed by atoms with van der Waals surface area (Å²) in [5, 5.41) is 7.14. The molecule has 1 atom stereocenters. The van der Waals surface area contributed by atoms with Crippen LogP contribution in [0.1, 0.15) is 52.5 Å². The van der Waals surface area contributed by atoms with Gasteiger partial charge in [-0.1, -0.05) is 24.2 Å². The van der Waals surface area contributed by atoms with Gasteiger partial charge in [0.25, 0.3) is 5.91 Å². The second-order valence-corrected chi connectivity index (χ2v) is 7.24. The van der Waals surface area contributed by atoms with Crippen LogP contribution in [0.3, 0.4) is 0 Å². The molecule has 3 aromatic heterocycles. The number of imidazole rings is 1. The lowest BCUT2D eigenvalue weighted by Gasteiger charge is -2.14. The quantitative estimate of drug-likeness (QED) is 0.577. The molecule has 29 heavy (non-hydrogen) atoms. The largest absolute Gasteiger partial charge is 0.344 e. The van der Waals surface area contributed by atoms with E-state index < -0.39 is 0 Å². The summed E-state index contributed by atoms with van der Waals surface area (Å²) < 4.78 is 6.83. The molecule has 146 valence electrons. The Bertz CT molecular complexity index is 1230. The molecule has 0 fully saturated rings. The zero-order chi connectivity index (χ0) is 20.0. The van der Waals surface area contributed by atoms with E-state index in [1.807, 2.05) is 18.3 Å². The molecule has 0 bridgehead atoms. The highest BCUT2D eigenvalue weighted by molar-refractivity contribution is 5.93. The number of rotatable bonds is 4. The summed E-state index contributed by atoms with van der Waals surface area (Å²) in [6.45, 7) is 3.83. The molecule has 0 spiro atoms. The first kappa shape index (κ1) is 17.5. The highest BCUT2D eigenvalue weighted by Crippen LogP contribution is 2.34. The van der Waals surface area contributed by atoms with Gasteiger partial charge in [-0.3, -0.25) is 9.20 Å². The number of amides is 1. The van der Waals surface area contributed by atoms with Gasteiger partial charge in [0.15, 0.2) is 0 Å². The Hall–Kier alpha value is -3.55. The standard InChI is InChI=1S/C21H20N6O2/c1-3-13-9-22-21-23-10-18(27(21)11-13)20(28)25-17-7-5-14-8-15(4-6-16(14)17)19-24-12(2)29-26-19/h4,6,8-11,17H,3,5,7H2,1-2H3,(H,25,28)/t17-/m1/s1. The van der Waals surface area contributed by atoms with E-state index in [4.69, 9.17) is 4.52 Å². The lowest BCUT2D eigenvalue weighted by Crippen LogP contribution is -2.28. The number of fused-ring (bicyclic) bond motifs is 2. The molecular weight excluding hydrogens is 368 g/mol. The number of benzene rings is 1. The first-order chi connectivity index (χ1) is 14.1. The molecule has 0 saturated carbocycles. The van der Waals surface area contributed by atoms with Crippen LogP contribution in [0, 0.1) is 6.92 Å². The van der Waals surface area contributed by atoms with E-state index in [1.54, 1.807) is 23.7 Å². The lowest BCUT2D eigenvalue weighted by molar-refractivity contribution is 0.0930. The van der Waals surface area contributed by atoms with Crippen LogP contribution in [0.5, 0.6) is 0 Å². The van der Waals surface area contributed by atoms with Crippen LogP contribution in [-0.4, -0.2) is 30.4 Å². The number of carbonyl (C=O) groups excluding carboxylic acids is 1. The van der Waals surface area contributed by atoms with Gasteiger partial charge in [0.05, 0.1) is 12.2 Å². The van der Waals surface area contributed by atoms with Crippen molar-refractivity contribution in [2.45, 2.75) is 39.2 Å². The highest BCUT2D eigenvalue weighted by atomic mass is 16.5. The predicted octanol–water partition coefficient (Wildman–Crippen LogP) is 3.07. The van der Waals surface area contributed by atoms with Crippen LogP contribution in [-0.2, 0) is 12.8 Å². The first-order valence-corrected chi connectivity index (χ1v) is 9.68. The van der Waals surface area contributed by atoms with Crippen LogP contribution in [0.4, 0.5) is 0 Å². The topological polar surface area (TPSA) is 98.2 Å². The molecule has 8 nitrogen and oxygen atoms in total. The Balaban J connectivity index is 1.39. The molecule has 1 aromatic carbocycles. The van der Waals surface area contributed by atoms with Crippen LogP contribution < -0.4 is 5.32 Å². The van der Waals surface area contributed by atoms with Crippen molar-refractivity contribution in [2.75, 3.05) is 0 Å². The third-order valence-electron chi connectivity index (χ3n) is 5.37. The van der Waals surface area contributed by atoms with Gasteiger partial charge in [-0.2, -0.15) is 4.98 Å². The number of aryl methyl sites for hydroxylation is 3. The minimum atomic E-state index is -0.150. The molecule has 0 saturated heterocycles. The van der Waals surface area contributed by atoms with Crippen molar-refractivity contribution in [2.24, 2.45) is 0 Å². The molecule has 5 rings (SSSR count). The second kappa shape index (κ2) is 6.80. The molecule has 4 aromatic rings. The molecule has 1 aliphatic rings. The van der Waals surface area contributed by atoms with Crippen LogP contribution in [0.2, 0.25) is 0 Å². The van der Waals surface area contributed by atoms with E-state index >= 15 is 0 Å². The minimum Gasteiger partial charge on any atom is -0.344 e. The summed E-state index contributed by atoms with van der Waals surface area (Å²) in [6, 6.07) is 6.06. The van der Waals surface area contributed by atoms with Crippen LogP contribution >= 0.6 is 0 Å². The number of nitrogens with zero attached hydrogens (tertiary/aromatic N) is 5. The fourth-order valence-corrected chi connectivity index (χ4v) is 3.82. The third-order valence-corrected chi connectivity index (χ3v) is 5.37. The smallest absolute Gasteiger partial charge is 0.270 e. The summed E-state index contributed by atoms with van der Waals surface area (Å²) in [6.07, 6.45) is 7.88. The van der Waals surface area contributed by atoms with Crippen molar-refractivity contribution >= 4 is 11.7 Å². The zero-order valence-electron chi connectivity index (χ0n) is 16.2. The van der Waals surface area contributed by atoms with Gasteiger partial charge >= 0.3 is 0 Å². The third kappa shape index (κ3) is 3.06. The molecule has 8 heteroatoms. The highest BCUT2D eigenvalue weighted by Gasteiger charge is 2.26. The molecule has 0 radical (unpaired) electrons. The van der Waals surface area contributed by atoms with Crippen molar-refractivity contribution in [1.29, 1.82) is 0 Å². The van der Waals surface area contributed by atoms with E-state index in [2.05, 4.69) is 38.4 Å². The van der Waals surface area contributed by atoms with Crippen LogP contribution in [0.15, 0.2) is 41.3 Å². The molecule has 0 aliphatic heterocycles. The summed E-state index contributed by atoms with van der Waals surface area (Å²) in [5.41, 5.74) is 4.80. The maximum absolute atomic E-state index is 12.9. The van der Waals surface area contributed by atoms with E-state index in [0.29, 0.717) is 23.2 Å². The molecule has 3 heterocycles. The van der Waals surface area contributed by atoms with Gasteiger partial charge in [0, 0.05) is 24.9 Å². The lowest BCUT2D eigenvalue weighted by atomic mass is 10.0. The van der Waals surface area contributed by atoms with Crippen molar-refractivity contribution < 1.29 is 9.32 Å². The second-order valence-electron chi connectivity index (χ2n) is 7.24. The van der Waals surface area contributed by atoms with Gasteiger partial charge < -0.3 is 9.84 Å².